The van der Waals surface area contributed by atoms with Crippen molar-refractivity contribution < 1.29 is 9.50 Å². The molecule has 0 saturated carbocycles. The fraction of sp³-hybridized carbons (Fsp3) is 0.294. The Morgan fingerprint density at radius 3 is 2.83 bits per heavy atom. The number of aromatic nitrogens is 2. The number of piperidine rings is 1. The molecule has 0 aliphatic carbocycles. The highest BCUT2D eigenvalue weighted by molar-refractivity contribution is 7.13. The summed E-state index contributed by atoms with van der Waals surface area (Å²) in [5.74, 6) is 1.41. The summed E-state index contributed by atoms with van der Waals surface area (Å²) in [7, 11) is 0. The van der Waals surface area contributed by atoms with Crippen LogP contribution in [0.5, 0.6) is 0 Å². The van der Waals surface area contributed by atoms with Crippen LogP contribution in [0.4, 0.5) is 10.2 Å². The Kier molecular flexibility index (Phi) is 3.71. The number of alkyl halides is 1. The van der Waals surface area contributed by atoms with Crippen molar-refractivity contribution in [3.05, 3.63) is 41.8 Å². The monoisotopic (exact) mass is 329 g/mol. The van der Waals surface area contributed by atoms with Gasteiger partial charge >= 0.3 is 0 Å². The average Bonchev–Trinajstić information content (AvgIpc) is 3.11. The van der Waals surface area contributed by atoms with Crippen molar-refractivity contribution >= 4 is 28.1 Å². The SMILES string of the molecule is OC1CCN(c2nc(-c3cccs3)nc3ccccc23)CC1F. The molecule has 6 heteroatoms. The lowest BCUT2D eigenvalue weighted by molar-refractivity contribution is 0.0614. The molecule has 1 fully saturated rings. The Morgan fingerprint density at radius 1 is 1.17 bits per heavy atom. The van der Waals surface area contributed by atoms with Crippen LogP contribution >= 0.6 is 11.3 Å². The van der Waals surface area contributed by atoms with Gasteiger partial charge in [-0.05, 0) is 30.0 Å². The topological polar surface area (TPSA) is 49.2 Å². The minimum absolute atomic E-state index is 0.159. The summed E-state index contributed by atoms with van der Waals surface area (Å²) in [5.41, 5.74) is 0.849. The van der Waals surface area contributed by atoms with Crippen LogP contribution in [0, 0.1) is 0 Å². The molecule has 118 valence electrons. The summed E-state index contributed by atoms with van der Waals surface area (Å²) < 4.78 is 14.0. The lowest BCUT2D eigenvalue weighted by atomic mass is 10.1. The molecule has 0 bridgehead atoms. The summed E-state index contributed by atoms with van der Waals surface area (Å²) >= 11 is 1.58. The molecule has 1 aromatic carbocycles. The molecule has 3 aromatic rings. The van der Waals surface area contributed by atoms with Gasteiger partial charge in [-0.25, -0.2) is 14.4 Å². The van der Waals surface area contributed by atoms with Crippen molar-refractivity contribution in [1.29, 1.82) is 0 Å². The van der Waals surface area contributed by atoms with Gasteiger partial charge < -0.3 is 10.0 Å². The Morgan fingerprint density at radius 2 is 2.04 bits per heavy atom. The van der Waals surface area contributed by atoms with Gasteiger partial charge in [-0.1, -0.05) is 18.2 Å². The van der Waals surface area contributed by atoms with E-state index >= 15 is 0 Å². The molecule has 1 aliphatic heterocycles. The minimum atomic E-state index is -1.25. The second kappa shape index (κ2) is 5.86. The number of thiophene rings is 1. The number of hydrogen-bond acceptors (Lipinski definition) is 5. The van der Waals surface area contributed by atoms with Gasteiger partial charge in [0.2, 0.25) is 0 Å². The smallest absolute Gasteiger partial charge is 0.172 e. The summed E-state index contributed by atoms with van der Waals surface area (Å²) in [6.07, 6.45) is -1.72. The second-order valence-electron chi connectivity index (χ2n) is 5.68. The zero-order valence-corrected chi connectivity index (χ0v) is 13.2. The van der Waals surface area contributed by atoms with E-state index in [1.807, 2.05) is 46.7 Å². The maximum Gasteiger partial charge on any atom is 0.172 e. The van der Waals surface area contributed by atoms with Crippen molar-refractivity contribution in [2.75, 3.05) is 18.0 Å². The maximum atomic E-state index is 14.0. The van der Waals surface area contributed by atoms with Crippen LogP contribution in [-0.4, -0.2) is 40.4 Å². The van der Waals surface area contributed by atoms with E-state index in [1.165, 1.54) is 0 Å². The predicted octanol–water partition coefficient (Wildman–Crippen LogP) is 3.27. The van der Waals surface area contributed by atoms with E-state index in [0.29, 0.717) is 18.8 Å². The molecule has 2 aromatic heterocycles. The van der Waals surface area contributed by atoms with Crippen LogP contribution in [-0.2, 0) is 0 Å². The van der Waals surface area contributed by atoms with Gasteiger partial charge in [0.15, 0.2) is 5.82 Å². The highest BCUT2D eigenvalue weighted by Gasteiger charge is 2.29. The second-order valence-corrected chi connectivity index (χ2v) is 6.63. The number of halogens is 1. The van der Waals surface area contributed by atoms with Crippen molar-refractivity contribution in [3.8, 4) is 10.7 Å². The first-order valence-corrected chi connectivity index (χ1v) is 8.48. The minimum Gasteiger partial charge on any atom is -0.390 e. The van der Waals surface area contributed by atoms with Crippen LogP contribution in [0.15, 0.2) is 41.8 Å². The van der Waals surface area contributed by atoms with Gasteiger partial charge in [-0.15, -0.1) is 11.3 Å². The zero-order valence-electron chi connectivity index (χ0n) is 12.4. The highest BCUT2D eigenvalue weighted by atomic mass is 32.1. The molecule has 23 heavy (non-hydrogen) atoms. The van der Waals surface area contributed by atoms with Gasteiger partial charge in [-0.3, -0.25) is 0 Å². The Bertz CT molecular complexity index is 824. The molecule has 1 aliphatic rings. The van der Waals surface area contributed by atoms with Gasteiger partial charge in [0.1, 0.15) is 12.0 Å². The molecule has 1 saturated heterocycles. The number of nitrogens with zero attached hydrogens (tertiary/aromatic N) is 3. The van der Waals surface area contributed by atoms with Gasteiger partial charge in [0.05, 0.1) is 23.0 Å². The molecule has 0 spiro atoms. The molecule has 2 atom stereocenters. The number of fused-ring (bicyclic) bond motifs is 1. The van der Waals surface area contributed by atoms with Crippen molar-refractivity contribution in [2.45, 2.75) is 18.7 Å². The lowest BCUT2D eigenvalue weighted by Gasteiger charge is -2.33. The Balaban J connectivity index is 1.84. The molecule has 4 nitrogen and oxygen atoms in total. The van der Waals surface area contributed by atoms with Gasteiger partial charge in [0.25, 0.3) is 0 Å². The van der Waals surface area contributed by atoms with E-state index in [0.717, 1.165) is 21.6 Å². The van der Waals surface area contributed by atoms with Crippen LogP contribution in [0.3, 0.4) is 0 Å². The standard InChI is InChI=1S/C17H16FN3OS/c18-12-10-21(8-7-14(12)22)17-11-4-1-2-5-13(11)19-16(20-17)15-6-3-9-23-15/h1-6,9,12,14,22H,7-8,10H2. The van der Waals surface area contributed by atoms with Crippen molar-refractivity contribution in [1.82, 2.24) is 9.97 Å². The van der Waals surface area contributed by atoms with Gasteiger partial charge in [-0.2, -0.15) is 0 Å². The fourth-order valence-corrected chi connectivity index (χ4v) is 3.56. The van der Waals surface area contributed by atoms with Crippen molar-refractivity contribution in [3.63, 3.8) is 0 Å². The third-order valence-corrected chi connectivity index (χ3v) is 5.00. The average molecular weight is 329 g/mol. The van der Waals surface area contributed by atoms with E-state index in [2.05, 4.69) is 4.98 Å². The van der Waals surface area contributed by atoms with Crippen molar-refractivity contribution in [2.24, 2.45) is 0 Å². The Labute approximate surface area is 137 Å². The van der Waals surface area contributed by atoms with E-state index in [9.17, 15) is 9.50 Å². The Hall–Kier alpha value is -2.05. The first-order valence-electron chi connectivity index (χ1n) is 7.60. The number of hydrogen-bond donors (Lipinski definition) is 1. The summed E-state index contributed by atoms with van der Waals surface area (Å²) in [6.45, 7) is 0.749. The normalized spacial score (nSPS) is 21.7. The number of anilines is 1. The molecular formula is C17H16FN3OS. The first kappa shape index (κ1) is 14.5. The van der Waals surface area contributed by atoms with Crippen LogP contribution in [0.1, 0.15) is 6.42 Å². The molecule has 4 rings (SSSR count). The van der Waals surface area contributed by atoms with E-state index in [-0.39, 0.29) is 6.54 Å². The molecule has 1 N–H and O–H groups in total. The quantitative estimate of drug-likeness (QED) is 0.784. The highest BCUT2D eigenvalue weighted by Crippen LogP contribution is 2.31. The van der Waals surface area contributed by atoms with E-state index in [4.69, 9.17) is 4.98 Å². The molecule has 0 radical (unpaired) electrons. The van der Waals surface area contributed by atoms with Crippen LogP contribution in [0.25, 0.3) is 21.6 Å². The predicted molar refractivity (Wildman–Crippen MR) is 90.6 cm³/mol. The lowest BCUT2D eigenvalue weighted by Crippen LogP contribution is -2.45. The largest absolute Gasteiger partial charge is 0.390 e. The molecule has 3 heterocycles. The van der Waals surface area contributed by atoms with Crippen LogP contribution < -0.4 is 4.90 Å². The summed E-state index contributed by atoms with van der Waals surface area (Å²) in [4.78, 5) is 12.2. The third kappa shape index (κ3) is 2.68. The number of aliphatic hydroxyl groups excluding tert-OH is 1. The number of rotatable bonds is 2. The van der Waals surface area contributed by atoms with E-state index < -0.39 is 12.3 Å². The molecule has 2 unspecified atom stereocenters. The summed E-state index contributed by atoms with van der Waals surface area (Å²) in [5, 5.41) is 12.5. The zero-order chi connectivity index (χ0) is 15.8. The molecular weight excluding hydrogens is 313 g/mol. The number of para-hydroxylation sites is 1. The number of aliphatic hydroxyl groups is 1. The van der Waals surface area contributed by atoms with E-state index in [1.54, 1.807) is 11.3 Å². The van der Waals surface area contributed by atoms with Gasteiger partial charge in [0, 0.05) is 11.9 Å². The summed E-state index contributed by atoms with van der Waals surface area (Å²) in [6, 6.07) is 11.7. The fourth-order valence-electron chi connectivity index (χ4n) is 2.90. The first-order chi connectivity index (χ1) is 11.2. The number of benzene rings is 1. The maximum absolute atomic E-state index is 14.0. The molecule has 0 amide bonds. The van der Waals surface area contributed by atoms with Crippen LogP contribution in [0.2, 0.25) is 0 Å². The third-order valence-electron chi connectivity index (χ3n) is 4.13.